The molecule has 3 atom stereocenters. The van der Waals surface area contributed by atoms with Gasteiger partial charge in [-0.1, -0.05) is 11.6 Å². The summed E-state index contributed by atoms with van der Waals surface area (Å²) in [5, 5.41) is 15.6. The molecule has 0 bridgehead atoms. The summed E-state index contributed by atoms with van der Waals surface area (Å²) in [6.07, 6.45) is 2.99. The van der Waals surface area contributed by atoms with Gasteiger partial charge in [-0.3, -0.25) is 10.2 Å². The number of rotatable bonds is 6. The van der Waals surface area contributed by atoms with Crippen molar-refractivity contribution in [3.8, 4) is 11.6 Å². The van der Waals surface area contributed by atoms with E-state index in [1.807, 2.05) is 68.9 Å². The van der Waals surface area contributed by atoms with Gasteiger partial charge < -0.3 is 20.0 Å². The van der Waals surface area contributed by atoms with Crippen molar-refractivity contribution in [2.75, 3.05) is 19.5 Å². The molecule has 0 aliphatic carbocycles. The molecule has 9 heteroatoms. The van der Waals surface area contributed by atoms with Crippen molar-refractivity contribution in [3.63, 3.8) is 0 Å². The lowest BCUT2D eigenvalue weighted by atomic mass is 9.95. The Balaban J connectivity index is 1.61. The zero-order valence-electron chi connectivity index (χ0n) is 18.9. The van der Waals surface area contributed by atoms with Gasteiger partial charge in [-0.2, -0.15) is 5.48 Å². The summed E-state index contributed by atoms with van der Waals surface area (Å²) < 4.78 is 7.42. The van der Waals surface area contributed by atoms with Gasteiger partial charge in [0.05, 0.1) is 42.7 Å². The van der Waals surface area contributed by atoms with Crippen molar-refractivity contribution in [1.82, 2.24) is 25.3 Å². The van der Waals surface area contributed by atoms with Gasteiger partial charge >= 0.3 is 0 Å². The molecule has 4 rings (SSSR count). The average Bonchev–Trinajstić information content (AvgIpc) is 3.24. The number of imidazole rings is 1. The fourth-order valence-electron chi connectivity index (χ4n) is 3.83. The van der Waals surface area contributed by atoms with E-state index in [1.165, 1.54) is 0 Å². The molecule has 0 amide bonds. The number of pyridine rings is 1. The summed E-state index contributed by atoms with van der Waals surface area (Å²) in [5.41, 5.74) is 8.72. The largest absolute Gasteiger partial charge is 0.479 e. The zero-order valence-corrected chi connectivity index (χ0v) is 18.9. The fraction of sp³-hybridized carbons (Fsp3) is 0.348. The van der Waals surface area contributed by atoms with Gasteiger partial charge in [0.15, 0.2) is 0 Å². The van der Waals surface area contributed by atoms with Gasteiger partial charge in [0.2, 0.25) is 5.88 Å². The summed E-state index contributed by atoms with van der Waals surface area (Å²) in [4.78, 5) is 14.8. The molecule has 168 valence electrons. The SMILES string of the molecule is CNc1ccc(C)cc1C(=N)C1NC(c2ccc(-n3cnc(C)c3)c(OC)n2)NOC1C. The third kappa shape index (κ3) is 4.22. The lowest BCUT2D eigenvalue weighted by Gasteiger charge is -2.36. The standard InChI is InChI=1S/C23H29N7O2/c1-13-6-7-17(25-4)16(10-13)20(24)21-15(3)32-29-22(28-21)18-8-9-19(23(27-18)31-5)30-11-14(2)26-12-30/h6-12,15,21-22,24-25,28-29H,1-5H3. The molecule has 9 nitrogen and oxygen atoms in total. The van der Waals surface area contributed by atoms with Crippen LogP contribution in [-0.4, -0.2) is 46.6 Å². The molecule has 0 saturated carbocycles. The summed E-state index contributed by atoms with van der Waals surface area (Å²) in [6, 6.07) is 9.54. The molecular weight excluding hydrogens is 406 g/mol. The maximum absolute atomic E-state index is 8.91. The Kier molecular flexibility index (Phi) is 6.22. The van der Waals surface area contributed by atoms with E-state index in [0.717, 1.165) is 28.2 Å². The van der Waals surface area contributed by atoms with Crippen LogP contribution in [0.1, 0.15) is 35.6 Å². The first-order chi connectivity index (χ1) is 15.4. The predicted octanol–water partition coefficient (Wildman–Crippen LogP) is 2.88. The first-order valence-corrected chi connectivity index (χ1v) is 10.5. The molecule has 1 aliphatic heterocycles. The number of anilines is 1. The van der Waals surface area contributed by atoms with E-state index in [-0.39, 0.29) is 12.1 Å². The van der Waals surface area contributed by atoms with E-state index < -0.39 is 6.17 Å². The molecule has 32 heavy (non-hydrogen) atoms. The Morgan fingerprint density at radius 1 is 1.25 bits per heavy atom. The van der Waals surface area contributed by atoms with E-state index in [2.05, 4.69) is 26.1 Å². The lowest BCUT2D eigenvalue weighted by molar-refractivity contribution is -0.0865. The Morgan fingerprint density at radius 2 is 2.06 bits per heavy atom. The maximum atomic E-state index is 8.91. The quantitative estimate of drug-likeness (QED) is 0.441. The fourth-order valence-corrected chi connectivity index (χ4v) is 3.83. The highest BCUT2D eigenvalue weighted by molar-refractivity contribution is 6.07. The van der Waals surface area contributed by atoms with Crippen LogP contribution in [0, 0.1) is 19.3 Å². The van der Waals surface area contributed by atoms with Gasteiger partial charge in [0.25, 0.3) is 0 Å². The third-order valence-corrected chi connectivity index (χ3v) is 5.57. The minimum absolute atomic E-state index is 0.251. The number of hydrogen-bond acceptors (Lipinski definition) is 8. The second-order valence-electron chi connectivity index (χ2n) is 7.92. The smallest absolute Gasteiger partial charge is 0.238 e. The van der Waals surface area contributed by atoms with E-state index in [1.54, 1.807) is 13.4 Å². The number of ether oxygens (including phenoxy) is 1. The molecular formula is C23H29N7O2. The first kappa shape index (κ1) is 21.9. The number of nitrogens with zero attached hydrogens (tertiary/aromatic N) is 3. The van der Waals surface area contributed by atoms with Crippen molar-refractivity contribution in [2.24, 2.45) is 0 Å². The van der Waals surface area contributed by atoms with Gasteiger partial charge in [0.1, 0.15) is 11.9 Å². The van der Waals surface area contributed by atoms with E-state index >= 15 is 0 Å². The Hall–Kier alpha value is -3.27. The zero-order chi connectivity index (χ0) is 22.8. The molecule has 3 aromatic rings. The van der Waals surface area contributed by atoms with E-state index in [0.29, 0.717) is 17.3 Å². The highest BCUT2D eigenvalue weighted by atomic mass is 16.7. The molecule has 0 radical (unpaired) electrons. The molecule has 1 aliphatic rings. The van der Waals surface area contributed by atoms with Crippen molar-refractivity contribution < 1.29 is 9.57 Å². The molecule has 1 saturated heterocycles. The highest BCUT2D eigenvalue weighted by Crippen LogP contribution is 2.26. The maximum Gasteiger partial charge on any atom is 0.238 e. The number of methoxy groups -OCH3 is 1. The van der Waals surface area contributed by atoms with Crippen LogP contribution in [0.3, 0.4) is 0 Å². The summed E-state index contributed by atoms with van der Waals surface area (Å²) in [6.45, 7) is 5.89. The van der Waals surface area contributed by atoms with Crippen LogP contribution in [0.25, 0.3) is 5.69 Å². The van der Waals surface area contributed by atoms with Crippen LogP contribution in [0.2, 0.25) is 0 Å². The number of aromatic nitrogens is 3. The first-order valence-electron chi connectivity index (χ1n) is 10.5. The van der Waals surface area contributed by atoms with Crippen LogP contribution >= 0.6 is 0 Å². The molecule has 2 aromatic heterocycles. The number of hydrogen-bond donors (Lipinski definition) is 4. The Morgan fingerprint density at radius 3 is 2.75 bits per heavy atom. The summed E-state index contributed by atoms with van der Waals surface area (Å²) >= 11 is 0. The average molecular weight is 436 g/mol. The topological polar surface area (TPSA) is 109 Å². The minimum atomic E-state index is -0.410. The molecule has 0 spiro atoms. The Labute approximate surface area is 187 Å². The molecule has 1 aromatic carbocycles. The van der Waals surface area contributed by atoms with E-state index in [9.17, 15) is 0 Å². The molecule has 3 heterocycles. The second-order valence-corrected chi connectivity index (χ2v) is 7.92. The van der Waals surface area contributed by atoms with Crippen LogP contribution in [0.15, 0.2) is 42.9 Å². The normalized spacial score (nSPS) is 20.7. The third-order valence-electron chi connectivity index (χ3n) is 5.57. The predicted molar refractivity (Wildman–Crippen MR) is 124 cm³/mol. The molecule has 3 unspecified atom stereocenters. The van der Waals surface area contributed by atoms with Crippen molar-refractivity contribution in [3.05, 3.63) is 65.4 Å². The summed E-state index contributed by atoms with van der Waals surface area (Å²) in [7, 11) is 3.45. The number of benzene rings is 1. The number of hydroxylamine groups is 1. The van der Waals surface area contributed by atoms with Gasteiger partial charge in [0, 0.05) is 24.5 Å². The number of aryl methyl sites for hydroxylation is 2. The monoisotopic (exact) mass is 435 g/mol. The molecule has 1 fully saturated rings. The van der Waals surface area contributed by atoms with Gasteiger partial charge in [-0.05, 0) is 45.0 Å². The number of nitrogens with one attached hydrogen (secondary N) is 4. The van der Waals surface area contributed by atoms with Crippen LogP contribution in [0.4, 0.5) is 5.69 Å². The molecule has 4 N–H and O–H groups in total. The van der Waals surface area contributed by atoms with E-state index in [4.69, 9.17) is 15.0 Å². The van der Waals surface area contributed by atoms with Crippen LogP contribution in [0.5, 0.6) is 5.88 Å². The van der Waals surface area contributed by atoms with Gasteiger partial charge in [-0.25, -0.2) is 9.97 Å². The second kappa shape index (κ2) is 9.07. The van der Waals surface area contributed by atoms with Crippen LogP contribution in [-0.2, 0) is 4.84 Å². The summed E-state index contributed by atoms with van der Waals surface area (Å²) in [5.74, 6) is 0.477. The highest BCUT2D eigenvalue weighted by Gasteiger charge is 2.34. The van der Waals surface area contributed by atoms with Crippen molar-refractivity contribution in [2.45, 2.75) is 39.1 Å². The Bertz CT molecular complexity index is 1130. The van der Waals surface area contributed by atoms with Crippen molar-refractivity contribution in [1.29, 1.82) is 5.41 Å². The van der Waals surface area contributed by atoms with Crippen LogP contribution < -0.4 is 20.9 Å². The van der Waals surface area contributed by atoms with Gasteiger partial charge in [-0.15, -0.1) is 0 Å². The minimum Gasteiger partial charge on any atom is -0.479 e. The van der Waals surface area contributed by atoms with Crippen molar-refractivity contribution >= 4 is 11.4 Å². The lowest BCUT2D eigenvalue weighted by Crippen LogP contribution is -2.57.